The maximum Gasteiger partial charge on any atom is 0.287 e. The van der Waals surface area contributed by atoms with Crippen LogP contribution in [0.4, 0.5) is 4.39 Å². The van der Waals surface area contributed by atoms with Crippen molar-refractivity contribution in [1.82, 2.24) is 10.3 Å². The molecule has 1 aromatic carbocycles. The van der Waals surface area contributed by atoms with E-state index in [-0.39, 0.29) is 22.9 Å². The molecule has 2 aromatic heterocycles. The minimum absolute atomic E-state index is 0.246. The number of aromatic nitrogens is 1. The zero-order valence-electron chi connectivity index (χ0n) is 12.4. The number of fused-ring (bicyclic) bond motifs is 1. The first-order chi connectivity index (χ1) is 10.5. The van der Waals surface area contributed by atoms with Gasteiger partial charge in [0, 0.05) is 29.1 Å². The van der Waals surface area contributed by atoms with Crippen molar-refractivity contribution in [3.8, 4) is 0 Å². The van der Waals surface area contributed by atoms with Gasteiger partial charge in [0.2, 0.25) is 0 Å². The van der Waals surface area contributed by atoms with Crippen molar-refractivity contribution in [2.45, 2.75) is 19.3 Å². The minimum atomic E-state index is -0.307. The predicted octanol–water partition coefficient (Wildman–Crippen LogP) is 3.61. The molecule has 0 aliphatic carbocycles. The third kappa shape index (κ3) is 2.62. The van der Waals surface area contributed by atoms with E-state index in [2.05, 4.69) is 10.3 Å². The van der Waals surface area contributed by atoms with Crippen molar-refractivity contribution in [3.05, 3.63) is 59.9 Å². The van der Waals surface area contributed by atoms with Gasteiger partial charge in [0.25, 0.3) is 5.91 Å². The van der Waals surface area contributed by atoms with Crippen LogP contribution in [0.15, 0.2) is 47.2 Å². The minimum Gasteiger partial charge on any atom is -0.459 e. The van der Waals surface area contributed by atoms with E-state index in [9.17, 15) is 9.18 Å². The van der Waals surface area contributed by atoms with Gasteiger partial charge in [-0.05, 0) is 35.9 Å². The number of nitrogens with one attached hydrogen (secondary N) is 2. The highest BCUT2D eigenvalue weighted by Gasteiger charge is 2.25. The van der Waals surface area contributed by atoms with E-state index in [0.717, 1.165) is 16.5 Å². The van der Waals surface area contributed by atoms with E-state index in [0.29, 0.717) is 6.54 Å². The summed E-state index contributed by atoms with van der Waals surface area (Å²) >= 11 is 0. The second-order valence-corrected chi connectivity index (χ2v) is 5.94. The summed E-state index contributed by atoms with van der Waals surface area (Å²) in [6.45, 7) is 4.50. The van der Waals surface area contributed by atoms with Gasteiger partial charge >= 0.3 is 0 Å². The Kier molecular flexibility index (Phi) is 3.48. The summed E-state index contributed by atoms with van der Waals surface area (Å²) in [5.41, 5.74) is 1.47. The summed E-state index contributed by atoms with van der Waals surface area (Å²) in [6, 6.07) is 7.96. The van der Waals surface area contributed by atoms with Crippen LogP contribution in [0.1, 0.15) is 30.0 Å². The van der Waals surface area contributed by atoms with Crippen LogP contribution >= 0.6 is 0 Å². The van der Waals surface area contributed by atoms with Crippen molar-refractivity contribution in [3.63, 3.8) is 0 Å². The van der Waals surface area contributed by atoms with E-state index in [1.165, 1.54) is 18.4 Å². The zero-order valence-corrected chi connectivity index (χ0v) is 12.4. The van der Waals surface area contributed by atoms with Crippen molar-refractivity contribution in [1.29, 1.82) is 0 Å². The monoisotopic (exact) mass is 300 g/mol. The van der Waals surface area contributed by atoms with Crippen molar-refractivity contribution < 1.29 is 13.6 Å². The number of rotatable bonds is 4. The number of H-pyrrole nitrogens is 1. The largest absolute Gasteiger partial charge is 0.459 e. The Morgan fingerprint density at radius 2 is 2.18 bits per heavy atom. The first-order valence-corrected chi connectivity index (χ1v) is 7.06. The summed E-state index contributed by atoms with van der Waals surface area (Å²) in [5, 5.41) is 3.83. The Labute approximate surface area is 127 Å². The molecule has 0 fully saturated rings. The lowest BCUT2D eigenvalue weighted by Crippen LogP contribution is -2.36. The van der Waals surface area contributed by atoms with Gasteiger partial charge < -0.3 is 14.7 Å². The molecule has 3 rings (SSSR count). The van der Waals surface area contributed by atoms with Gasteiger partial charge in [-0.3, -0.25) is 4.79 Å². The highest BCUT2D eigenvalue weighted by Crippen LogP contribution is 2.30. The van der Waals surface area contributed by atoms with Crippen LogP contribution in [0.3, 0.4) is 0 Å². The fraction of sp³-hybridized carbons (Fsp3) is 0.235. The molecule has 1 amide bonds. The average Bonchev–Trinajstić information content (AvgIpc) is 3.13. The molecule has 114 valence electrons. The van der Waals surface area contributed by atoms with Crippen molar-refractivity contribution in [2.24, 2.45) is 0 Å². The summed E-state index contributed by atoms with van der Waals surface area (Å²) in [4.78, 5) is 15.0. The van der Waals surface area contributed by atoms with Crippen LogP contribution in [-0.4, -0.2) is 17.4 Å². The van der Waals surface area contributed by atoms with Gasteiger partial charge in [-0.2, -0.15) is 0 Å². The smallest absolute Gasteiger partial charge is 0.287 e. The molecule has 2 heterocycles. The molecule has 0 aliphatic rings. The first-order valence-electron chi connectivity index (χ1n) is 7.06. The zero-order chi connectivity index (χ0) is 15.7. The van der Waals surface area contributed by atoms with E-state index in [4.69, 9.17) is 4.42 Å². The molecule has 0 saturated carbocycles. The second-order valence-electron chi connectivity index (χ2n) is 5.94. The Balaban J connectivity index is 1.81. The van der Waals surface area contributed by atoms with E-state index in [1.807, 2.05) is 20.0 Å². The lowest BCUT2D eigenvalue weighted by molar-refractivity contribution is 0.0918. The third-order valence-electron chi connectivity index (χ3n) is 3.81. The van der Waals surface area contributed by atoms with Gasteiger partial charge in [0.1, 0.15) is 5.82 Å². The summed E-state index contributed by atoms with van der Waals surface area (Å²) in [7, 11) is 0. The Bertz CT molecular complexity index is 803. The number of carbonyl (C=O) groups is 1. The van der Waals surface area contributed by atoms with Gasteiger partial charge in [-0.15, -0.1) is 0 Å². The number of halogens is 1. The maximum atomic E-state index is 13.3. The van der Waals surface area contributed by atoms with E-state index < -0.39 is 0 Å². The fourth-order valence-corrected chi connectivity index (χ4v) is 2.55. The molecule has 4 nitrogen and oxygen atoms in total. The number of hydrogen-bond donors (Lipinski definition) is 2. The number of aromatic amines is 1. The van der Waals surface area contributed by atoms with Crippen LogP contribution in [0.2, 0.25) is 0 Å². The van der Waals surface area contributed by atoms with Crippen LogP contribution in [0.5, 0.6) is 0 Å². The molecular formula is C17H17FN2O2. The Hall–Kier alpha value is -2.56. The van der Waals surface area contributed by atoms with Gasteiger partial charge in [0.15, 0.2) is 5.76 Å². The lowest BCUT2D eigenvalue weighted by atomic mass is 9.84. The van der Waals surface area contributed by atoms with Gasteiger partial charge in [-0.1, -0.05) is 13.8 Å². The standard InChI is InChI=1S/C17H17FN2O2/c1-17(2,10-20-16(21)15-4-3-7-22-15)13-9-19-14-8-11(18)5-6-12(13)14/h3-9,19H,10H2,1-2H3,(H,20,21). The molecule has 2 N–H and O–H groups in total. The fourth-order valence-electron chi connectivity index (χ4n) is 2.55. The number of furan rings is 1. The number of hydrogen-bond acceptors (Lipinski definition) is 2. The topological polar surface area (TPSA) is 58.0 Å². The summed E-state index contributed by atoms with van der Waals surface area (Å²) in [5.74, 6) is -0.231. The Morgan fingerprint density at radius 3 is 2.91 bits per heavy atom. The van der Waals surface area contributed by atoms with Gasteiger partial charge in [0.05, 0.1) is 6.26 Å². The van der Waals surface area contributed by atoms with Crippen LogP contribution < -0.4 is 5.32 Å². The molecular weight excluding hydrogens is 283 g/mol. The summed E-state index contributed by atoms with van der Waals surface area (Å²) in [6.07, 6.45) is 3.33. The number of benzene rings is 1. The quantitative estimate of drug-likeness (QED) is 0.773. The van der Waals surface area contributed by atoms with Crippen LogP contribution in [0.25, 0.3) is 10.9 Å². The molecule has 0 saturated heterocycles. The summed E-state index contributed by atoms with van der Waals surface area (Å²) < 4.78 is 18.3. The number of carbonyl (C=O) groups excluding carboxylic acids is 1. The molecule has 5 heteroatoms. The van der Waals surface area contributed by atoms with E-state index in [1.54, 1.807) is 18.2 Å². The van der Waals surface area contributed by atoms with Gasteiger partial charge in [-0.25, -0.2) is 4.39 Å². The Morgan fingerprint density at radius 1 is 1.36 bits per heavy atom. The van der Waals surface area contributed by atoms with Crippen molar-refractivity contribution >= 4 is 16.8 Å². The number of amides is 1. The molecule has 0 spiro atoms. The lowest BCUT2D eigenvalue weighted by Gasteiger charge is -2.24. The predicted molar refractivity (Wildman–Crippen MR) is 82.3 cm³/mol. The first kappa shape index (κ1) is 14.4. The van der Waals surface area contributed by atoms with Crippen LogP contribution in [0, 0.1) is 5.82 Å². The normalized spacial score (nSPS) is 11.8. The highest BCUT2D eigenvalue weighted by molar-refractivity contribution is 5.91. The molecule has 0 aliphatic heterocycles. The SMILES string of the molecule is CC(C)(CNC(=O)c1ccco1)c1c[nH]c2cc(F)ccc12. The molecule has 22 heavy (non-hydrogen) atoms. The highest BCUT2D eigenvalue weighted by atomic mass is 19.1. The molecule has 3 aromatic rings. The third-order valence-corrected chi connectivity index (χ3v) is 3.81. The molecule has 0 atom stereocenters. The van der Waals surface area contributed by atoms with Crippen molar-refractivity contribution in [2.75, 3.05) is 6.54 Å². The molecule has 0 unspecified atom stereocenters. The van der Waals surface area contributed by atoms with E-state index >= 15 is 0 Å². The molecule has 0 bridgehead atoms. The molecule has 0 radical (unpaired) electrons. The average molecular weight is 300 g/mol. The second kappa shape index (κ2) is 5.33. The maximum absolute atomic E-state index is 13.3. The van der Waals surface area contributed by atoms with Crippen LogP contribution in [-0.2, 0) is 5.41 Å².